The second kappa shape index (κ2) is 9.42. The van der Waals surface area contributed by atoms with E-state index >= 15 is 0 Å². The molecule has 1 aromatic carbocycles. The summed E-state index contributed by atoms with van der Waals surface area (Å²) in [6.07, 6.45) is 10.7. The van der Waals surface area contributed by atoms with Crippen molar-refractivity contribution in [2.75, 3.05) is 37.4 Å². The van der Waals surface area contributed by atoms with Crippen molar-refractivity contribution in [3.8, 4) is 0 Å². The molecule has 1 saturated carbocycles. The van der Waals surface area contributed by atoms with Crippen LogP contribution in [0.15, 0.2) is 30.7 Å². The lowest BCUT2D eigenvalue weighted by molar-refractivity contribution is 0.102. The Kier molecular flexibility index (Phi) is 6.08. The average Bonchev–Trinajstić information content (AvgIpc) is 3.43. The maximum absolute atomic E-state index is 13.4. The molecule has 4 heterocycles. The van der Waals surface area contributed by atoms with E-state index in [4.69, 9.17) is 0 Å². The Labute approximate surface area is 216 Å². The third-order valence-corrected chi connectivity index (χ3v) is 7.23. The molecule has 10 heteroatoms. The Bertz CT molecular complexity index is 1460. The molecule has 1 saturated heterocycles. The molecule has 2 fully saturated rings. The predicted octanol–water partition coefficient (Wildman–Crippen LogP) is 2.96. The summed E-state index contributed by atoms with van der Waals surface area (Å²) in [5, 5.41) is 12.4. The minimum atomic E-state index is -0.218. The van der Waals surface area contributed by atoms with Crippen molar-refractivity contribution in [3.63, 3.8) is 0 Å². The number of aryl methyl sites for hydroxylation is 2. The summed E-state index contributed by atoms with van der Waals surface area (Å²) in [7, 11) is 5.91. The van der Waals surface area contributed by atoms with Crippen LogP contribution in [0.1, 0.15) is 47.4 Å². The highest BCUT2D eigenvalue weighted by Gasteiger charge is 2.28. The minimum absolute atomic E-state index is 0.218. The molecule has 0 bridgehead atoms. The highest BCUT2D eigenvalue weighted by molar-refractivity contribution is 6.13. The van der Waals surface area contributed by atoms with E-state index in [9.17, 15) is 4.79 Å². The molecule has 0 atom stereocenters. The van der Waals surface area contributed by atoms with Crippen LogP contribution in [0.3, 0.4) is 0 Å². The van der Waals surface area contributed by atoms with E-state index in [2.05, 4.69) is 41.6 Å². The van der Waals surface area contributed by atoms with Gasteiger partial charge in [0.1, 0.15) is 5.52 Å². The smallest absolute Gasteiger partial charge is 0.259 e. The molecule has 194 valence electrons. The highest BCUT2D eigenvalue weighted by atomic mass is 16.1. The highest BCUT2D eigenvalue weighted by Crippen LogP contribution is 2.32. The first-order valence-corrected chi connectivity index (χ1v) is 13.1. The van der Waals surface area contributed by atoms with E-state index < -0.39 is 0 Å². The normalized spacial score (nSPS) is 16.8. The lowest BCUT2D eigenvalue weighted by atomic mass is 10.0. The molecule has 4 aromatic rings. The van der Waals surface area contributed by atoms with Crippen LogP contribution in [0, 0.1) is 6.92 Å². The fourth-order valence-electron chi connectivity index (χ4n) is 5.38. The van der Waals surface area contributed by atoms with Crippen LogP contribution in [0.25, 0.3) is 16.6 Å². The summed E-state index contributed by atoms with van der Waals surface area (Å²) < 4.78 is 3.72. The zero-order valence-electron chi connectivity index (χ0n) is 22.0. The van der Waals surface area contributed by atoms with Gasteiger partial charge in [0.2, 0.25) is 0 Å². The number of piperidine rings is 1. The Morgan fingerprint density at radius 1 is 1.05 bits per heavy atom. The van der Waals surface area contributed by atoms with Gasteiger partial charge in [0.15, 0.2) is 11.5 Å². The number of hydrogen-bond donors (Lipinski definition) is 2. The van der Waals surface area contributed by atoms with E-state index in [1.807, 2.05) is 57.1 Å². The predicted molar refractivity (Wildman–Crippen MR) is 145 cm³/mol. The van der Waals surface area contributed by atoms with E-state index in [0.717, 1.165) is 60.1 Å². The van der Waals surface area contributed by atoms with Crippen LogP contribution in [0.5, 0.6) is 0 Å². The van der Waals surface area contributed by atoms with Gasteiger partial charge in [0.05, 0.1) is 23.1 Å². The standard InChI is InChI=1S/C27H35N9O/c1-17-13-36-16-24(30-26(36)22(28-17)15-33(2)3)31-27(37)20-7-8-23(21-14-34(4)32-25(20)21)35-11-9-19(10-12-35)29-18-5-6-18/h7-8,13-14,16,18-19,29H,5-6,9-12,15H2,1-4H3,(H,31,37). The number of benzene rings is 1. The van der Waals surface area contributed by atoms with Crippen LogP contribution >= 0.6 is 0 Å². The molecule has 0 unspecified atom stereocenters. The Hall–Kier alpha value is -3.50. The van der Waals surface area contributed by atoms with Crippen LogP contribution < -0.4 is 15.5 Å². The summed E-state index contributed by atoms with van der Waals surface area (Å²) >= 11 is 0. The third kappa shape index (κ3) is 4.91. The fraction of sp³-hybridized carbons (Fsp3) is 0.481. The van der Waals surface area contributed by atoms with Gasteiger partial charge >= 0.3 is 0 Å². The van der Waals surface area contributed by atoms with Crippen molar-refractivity contribution in [3.05, 3.63) is 47.7 Å². The molecule has 1 aliphatic heterocycles. The van der Waals surface area contributed by atoms with Crippen molar-refractivity contribution in [1.82, 2.24) is 34.4 Å². The number of nitrogens with one attached hydrogen (secondary N) is 2. The first-order valence-electron chi connectivity index (χ1n) is 13.1. The first kappa shape index (κ1) is 23.9. The van der Waals surface area contributed by atoms with E-state index in [0.29, 0.717) is 29.5 Å². The number of rotatable bonds is 7. The third-order valence-electron chi connectivity index (χ3n) is 7.23. The van der Waals surface area contributed by atoms with Crippen LogP contribution in [0.4, 0.5) is 11.5 Å². The molecule has 1 amide bonds. The van der Waals surface area contributed by atoms with Crippen molar-refractivity contribution < 1.29 is 4.79 Å². The molecule has 3 aromatic heterocycles. The molecule has 2 N–H and O–H groups in total. The molecule has 10 nitrogen and oxygen atoms in total. The minimum Gasteiger partial charge on any atom is -0.371 e. The summed E-state index contributed by atoms with van der Waals surface area (Å²) in [5.74, 6) is 0.278. The molecular weight excluding hydrogens is 466 g/mol. The van der Waals surface area contributed by atoms with Gasteiger partial charge in [-0.15, -0.1) is 0 Å². The SMILES string of the molecule is Cc1cn2cc(NC(=O)c3ccc(N4CCC(NC5CC5)CC4)c4cn(C)nc34)nc2c(CN(C)C)n1. The Balaban J connectivity index is 1.25. The monoisotopic (exact) mass is 501 g/mol. The van der Waals surface area contributed by atoms with Crippen molar-refractivity contribution >= 4 is 34.0 Å². The van der Waals surface area contributed by atoms with Gasteiger partial charge in [-0.3, -0.25) is 14.5 Å². The topological polar surface area (TPSA) is 95.6 Å². The molecule has 0 spiro atoms. The van der Waals surface area contributed by atoms with Gasteiger partial charge in [-0.25, -0.2) is 4.98 Å². The summed E-state index contributed by atoms with van der Waals surface area (Å²) in [6, 6.07) is 5.32. The van der Waals surface area contributed by atoms with E-state index in [1.54, 1.807) is 4.68 Å². The number of hydrogen-bond acceptors (Lipinski definition) is 7. The van der Waals surface area contributed by atoms with Crippen LogP contribution in [0.2, 0.25) is 0 Å². The molecule has 0 radical (unpaired) electrons. The number of amides is 1. The number of fused-ring (bicyclic) bond motifs is 2. The van der Waals surface area contributed by atoms with Gasteiger partial charge in [0.25, 0.3) is 5.91 Å². The van der Waals surface area contributed by atoms with Gasteiger partial charge in [0, 0.05) is 62.2 Å². The number of carbonyl (C=O) groups is 1. The molecule has 1 aliphatic carbocycles. The number of aromatic nitrogens is 5. The van der Waals surface area contributed by atoms with Gasteiger partial charge < -0.3 is 24.8 Å². The molecular formula is C27H35N9O. The summed E-state index contributed by atoms with van der Waals surface area (Å²) in [4.78, 5) is 27.2. The lowest BCUT2D eigenvalue weighted by Gasteiger charge is -2.34. The zero-order chi connectivity index (χ0) is 25.7. The number of anilines is 2. The van der Waals surface area contributed by atoms with E-state index in [-0.39, 0.29) is 5.91 Å². The number of nitrogens with zero attached hydrogens (tertiary/aromatic N) is 7. The summed E-state index contributed by atoms with van der Waals surface area (Å²) in [5.41, 5.74) is 4.92. The quantitative estimate of drug-likeness (QED) is 0.402. The number of imidazole rings is 1. The van der Waals surface area contributed by atoms with Crippen LogP contribution in [-0.2, 0) is 13.6 Å². The fourth-order valence-corrected chi connectivity index (χ4v) is 5.38. The molecule has 6 rings (SSSR count). The maximum atomic E-state index is 13.4. The zero-order valence-corrected chi connectivity index (χ0v) is 22.0. The van der Waals surface area contributed by atoms with Gasteiger partial charge in [-0.05, 0) is 58.8 Å². The second-order valence-corrected chi connectivity index (χ2v) is 10.8. The average molecular weight is 502 g/mol. The van der Waals surface area contributed by atoms with Gasteiger partial charge in [-0.1, -0.05) is 0 Å². The number of carbonyl (C=O) groups excluding carboxylic acids is 1. The Morgan fingerprint density at radius 2 is 1.81 bits per heavy atom. The van der Waals surface area contributed by atoms with E-state index in [1.165, 1.54) is 12.8 Å². The van der Waals surface area contributed by atoms with Crippen molar-refractivity contribution in [2.45, 2.75) is 51.2 Å². The van der Waals surface area contributed by atoms with Crippen molar-refractivity contribution in [1.29, 1.82) is 0 Å². The summed E-state index contributed by atoms with van der Waals surface area (Å²) in [6.45, 7) is 4.63. The Morgan fingerprint density at radius 3 is 2.54 bits per heavy atom. The lowest BCUT2D eigenvalue weighted by Crippen LogP contribution is -2.43. The maximum Gasteiger partial charge on any atom is 0.259 e. The molecule has 37 heavy (non-hydrogen) atoms. The first-order chi connectivity index (χ1) is 17.8. The van der Waals surface area contributed by atoms with Gasteiger partial charge in [-0.2, -0.15) is 5.10 Å². The second-order valence-electron chi connectivity index (χ2n) is 10.8. The molecule has 2 aliphatic rings. The van der Waals surface area contributed by atoms with Crippen LogP contribution in [-0.4, -0.2) is 74.2 Å². The largest absolute Gasteiger partial charge is 0.371 e. The van der Waals surface area contributed by atoms with Crippen molar-refractivity contribution in [2.24, 2.45) is 7.05 Å².